The van der Waals surface area contributed by atoms with E-state index in [1.54, 1.807) is 21.9 Å². The van der Waals surface area contributed by atoms with Gasteiger partial charge in [-0.05, 0) is 107 Å². The Labute approximate surface area is 298 Å². The number of urea groups is 2. The first kappa shape index (κ1) is 34.5. The van der Waals surface area contributed by atoms with E-state index in [9.17, 15) is 24.3 Å². The maximum absolute atomic E-state index is 14.0. The summed E-state index contributed by atoms with van der Waals surface area (Å²) in [6, 6.07) is 9.98. The molecule has 0 unspecified atom stereocenters. The molecule has 258 valence electrons. The highest BCUT2D eigenvalue weighted by Gasteiger charge is 2.36. The third-order valence-corrected chi connectivity index (χ3v) is 11.3. The van der Waals surface area contributed by atoms with E-state index in [0.29, 0.717) is 67.6 Å². The molecule has 2 aromatic rings. The van der Waals surface area contributed by atoms with Crippen molar-refractivity contribution in [3.05, 3.63) is 56.5 Å². The molecule has 1 atom stereocenters. The number of hydrogen-bond donors (Lipinski definition) is 3. The number of phenols is 1. The van der Waals surface area contributed by atoms with Gasteiger partial charge >= 0.3 is 12.1 Å². The van der Waals surface area contributed by atoms with Crippen LogP contribution in [0, 0.1) is 5.92 Å². The monoisotopic (exact) mass is 787 g/mol. The Balaban J connectivity index is 1.08. The van der Waals surface area contributed by atoms with E-state index in [1.807, 2.05) is 34.1 Å². The molecule has 3 N–H and O–H groups in total. The Morgan fingerprint density at radius 3 is 2.19 bits per heavy atom. The number of carbonyl (C=O) groups is 4. The van der Waals surface area contributed by atoms with Gasteiger partial charge in [0.05, 0.1) is 8.95 Å². The molecular weight excluding hydrogens is 746 g/mol. The molecule has 6 rings (SSSR count). The number of carbonyl (C=O) groups excluding carboxylic acids is 4. The zero-order valence-electron chi connectivity index (χ0n) is 27.2. The molecule has 3 fully saturated rings. The predicted molar refractivity (Wildman–Crippen MR) is 189 cm³/mol. The maximum Gasteiger partial charge on any atom is 0.322 e. The summed E-state index contributed by atoms with van der Waals surface area (Å²) in [6.45, 7) is 5.01. The number of aromatic hydroxyl groups is 1. The molecule has 0 spiro atoms. The van der Waals surface area contributed by atoms with Crippen LogP contribution in [0.5, 0.6) is 5.75 Å². The minimum Gasteiger partial charge on any atom is -0.506 e. The molecule has 12 nitrogen and oxygen atoms in total. The van der Waals surface area contributed by atoms with Crippen LogP contribution in [0.2, 0.25) is 0 Å². The number of likely N-dealkylation sites (tertiary alicyclic amines) is 2. The number of anilines is 1. The van der Waals surface area contributed by atoms with Gasteiger partial charge in [0.1, 0.15) is 11.8 Å². The van der Waals surface area contributed by atoms with E-state index in [2.05, 4.69) is 54.4 Å². The number of hydrogen-bond acceptors (Lipinski definition) is 6. The first-order valence-corrected chi connectivity index (χ1v) is 18.3. The molecular formula is C34H43Br2N7O5. The largest absolute Gasteiger partial charge is 0.506 e. The van der Waals surface area contributed by atoms with Gasteiger partial charge in [-0.1, -0.05) is 18.2 Å². The SMILES string of the molecule is CN1CCC(C(=O)N2CCN(C(=O)[C@@H](Cc3cc(Br)c(O)c(Br)c3)NC(=O)N3CCC(N4Cc5ccccc5NC4=O)CC3)CC2)CC1. The van der Waals surface area contributed by atoms with Crippen molar-refractivity contribution in [2.24, 2.45) is 5.92 Å². The van der Waals surface area contributed by atoms with E-state index >= 15 is 0 Å². The lowest BCUT2D eigenvalue weighted by molar-refractivity contribution is -0.143. The second kappa shape index (κ2) is 15.0. The van der Waals surface area contributed by atoms with Crippen LogP contribution in [0.15, 0.2) is 45.3 Å². The quantitative estimate of drug-likeness (QED) is 0.406. The fourth-order valence-corrected chi connectivity index (χ4v) is 8.47. The smallest absolute Gasteiger partial charge is 0.322 e. The summed E-state index contributed by atoms with van der Waals surface area (Å²) in [7, 11) is 2.08. The van der Waals surface area contributed by atoms with Crippen LogP contribution in [0.25, 0.3) is 0 Å². The summed E-state index contributed by atoms with van der Waals surface area (Å²) < 4.78 is 0.966. The Morgan fingerprint density at radius 2 is 1.52 bits per heavy atom. The molecule has 14 heteroatoms. The molecule has 0 bridgehead atoms. The Bertz CT molecular complexity index is 1510. The lowest BCUT2D eigenvalue weighted by atomic mass is 9.95. The number of nitrogens with one attached hydrogen (secondary N) is 2. The van der Waals surface area contributed by atoms with E-state index in [4.69, 9.17) is 0 Å². The lowest BCUT2D eigenvalue weighted by Crippen LogP contribution is -2.59. The zero-order valence-corrected chi connectivity index (χ0v) is 30.3. The summed E-state index contributed by atoms with van der Waals surface area (Å²) in [5.41, 5.74) is 2.67. The number of halogens is 2. The van der Waals surface area contributed by atoms with Gasteiger partial charge in [0.15, 0.2) is 0 Å². The number of amides is 6. The molecule has 4 heterocycles. The Hall–Kier alpha value is -3.36. The first-order chi connectivity index (χ1) is 23.1. The summed E-state index contributed by atoms with van der Waals surface area (Å²) in [6.07, 6.45) is 3.20. The van der Waals surface area contributed by atoms with Gasteiger partial charge in [0.2, 0.25) is 11.8 Å². The molecule has 0 aromatic heterocycles. The number of fused-ring (bicyclic) bond motifs is 1. The molecule has 2 aromatic carbocycles. The second-order valence-corrected chi connectivity index (χ2v) is 15.0. The highest BCUT2D eigenvalue weighted by atomic mass is 79.9. The summed E-state index contributed by atoms with van der Waals surface area (Å²) in [4.78, 5) is 63.2. The van der Waals surface area contributed by atoms with Crippen molar-refractivity contribution in [1.29, 1.82) is 0 Å². The molecule has 0 saturated carbocycles. The molecule has 6 amide bonds. The van der Waals surface area contributed by atoms with Crippen LogP contribution in [-0.2, 0) is 22.6 Å². The van der Waals surface area contributed by atoms with Crippen molar-refractivity contribution in [2.75, 3.05) is 64.7 Å². The second-order valence-electron chi connectivity index (χ2n) is 13.3. The average molecular weight is 790 g/mol. The van der Waals surface area contributed by atoms with E-state index in [1.165, 1.54) is 0 Å². The van der Waals surface area contributed by atoms with Crippen molar-refractivity contribution >= 4 is 61.4 Å². The maximum atomic E-state index is 14.0. The van der Waals surface area contributed by atoms with Crippen molar-refractivity contribution in [1.82, 2.24) is 29.8 Å². The summed E-state index contributed by atoms with van der Waals surface area (Å²) >= 11 is 6.76. The number of piperidine rings is 2. The number of piperazine rings is 1. The third kappa shape index (κ3) is 7.76. The van der Waals surface area contributed by atoms with Gasteiger partial charge < -0.3 is 40.2 Å². The van der Waals surface area contributed by atoms with Crippen LogP contribution in [0.4, 0.5) is 15.3 Å². The van der Waals surface area contributed by atoms with Gasteiger partial charge in [-0.15, -0.1) is 0 Å². The molecule has 3 saturated heterocycles. The number of benzene rings is 2. The topological polar surface area (TPSA) is 129 Å². The Kier molecular flexibility index (Phi) is 10.8. The molecule has 0 aliphatic carbocycles. The van der Waals surface area contributed by atoms with Gasteiger partial charge in [0, 0.05) is 69.9 Å². The highest BCUT2D eigenvalue weighted by Crippen LogP contribution is 2.34. The minimum atomic E-state index is -0.848. The highest BCUT2D eigenvalue weighted by molar-refractivity contribution is 9.11. The minimum absolute atomic E-state index is 0.0000529. The van der Waals surface area contributed by atoms with Crippen LogP contribution < -0.4 is 10.6 Å². The van der Waals surface area contributed by atoms with Gasteiger partial charge in [-0.25, -0.2) is 9.59 Å². The molecule has 4 aliphatic heterocycles. The van der Waals surface area contributed by atoms with Crippen LogP contribution >= 0.6 is 31.9 Å². The predicted octanol–water partition coefficient (Wildman–Crippen LogP) is 4.06. The van der Waals surface area contributed by atoms with Crippen LogP contribution in [0.1, 0.15) is 36.8 Å². The fourth-order valence-electron chi connectivity index (χ4n) is 7.19. The average Bonchev–Trinajstić information content (AvgIpc) is 3.10. The number of nitrogens with zero attached hydrogens (tertiary/aromatic N) is 5. The van der Waals surface area contributed by atoms with Crippen LogP contribution in [-0.4, -0.2) is 125 Å². The standard InChI is InChI=1S/C34H43Br2N7O5/c1-39-10-6-23(7-11-39)31(45)40-14-16-41(17-15-40)32(46)29(20-22-18-26(35)30(44)27(36)19-22)38-33(47)42-12-8-25(9-13-42)43-21-24-4-2-3-5-28(24)37-34(43)48/h2-5,18-19,23,25,29,44H,6-17,20-21H2,1H3,(H,37,48)(H,38,47)/t29-/m1/s1. The van der Waals surface area contributed by atoms with Gasteiger partial charge in [0.25, 0.3) is 0 Å². The zero-order chi connectivity index (χ0) is 33.9. The van der Waals surface area contributed by atoms with E-state index < -0.39 is 6.04 Å². The summed E-state index contributed by atoms with van der Waals surface area (Å²) in [5.74, 6) is 0.0676. The normalized spacial score (nSPS) is 20.3. The van der Waals surface area contributed by atoms with Gasteiger partial charge in [-0.3, -0.25) is 9.59 Å². The fraction of sp³-hybridized carbons (Fsp3) is 0.529. The molecule has 0 radical (unpaired) electrons. The molecule has 48 heavy (non-hydrogen) atoms. The van der Waals surface area contributed by atoms with Crippen molar-refractivity contribution in [2.45, 2.75) is 50.7 Å². The van der Waals surface area contributed by atoms with Crippen molar-refractivity contribution < 1.29 is 24.3 Å². The third-order valence-electron chi connectivity index (χ3n) is 10.1. The van der Waals surface area contributed by atoms with E-state index in [0.717, 1.165) is 42.7 Å². The number of phenolic OH excluding ortho intramolecular Hbond substituents is 1. The lowest BCUT2D eigenvalue weighted by Gasteiger charge is -2.41. The van der Waals surface area contributed by atoms with Crippen LogP contribution in [0.3, 0.4) is 0 Å². The van der Waals surface area contributed by atoms with E-state index in [-0.39, 0.29) is 48.0 Å². The Morgan fingerprint density at radius 1 is 0.896 bits per heavy atom. The van der Waals surface area contributed by atoms with Crippen molar-refractivity contribution in [3.8, 4) is 5.75 Å². The van der Waals surface area contributed by atoms with Crippen molar-refractivity contribution in [3.63, 3.8) is 0 Å². The summed E-state index contributed by atoms with van der Waals surface area (Å²) in [5, 5.41) is 16.2. The number of para-hydroxylation sites is 1. The molecule has 4 aliphatic rings. The number of rotatable bonds is 6. The van der Waals surface area contributed by atoms with Gasteiger partial charge in [-0.2, -0.15) is 0 Å². The first-order valence-electron chi connectivity index (χ1n) is 16.7.